The van der Waals surface area contributed by atoms with Gasteiger partial charge in [-0.15, -0.1) is 0 Å². The van der Waals surface area contributed by atoms with Crippen LogP contribution >= 0.6 is 0 Å². The van der Waals surface area contributed by atoms with Crippen LogP contribution in [-0.2, 0) is 12.6 Å². The number of hydrogen-bond donors (Lipinski definition) is 0. The van der Waals surface area contributed by atoms with Gasteiger partial charge in [0.1, 0.15) is 6.07 Å². The third kappa shape index (κ3) is 3.54. The van der Waals surface area contributed by atoms with E-state index in [-0.39, 0.29) is 5.56 Å². The molecule has 1 aromatic rings. The lowest BCUT2D eigenvalue weighted by molar-refractivity contribution is -0.137. The van der Waals surface area contributed by atoms with Gasteiger partial charge in [-0.1, -0.05) is 20.8 Å². The van der Waals surface area contributed by atoms with Crippen LogP contribution in [0.5, 0.6) is 0 Å². The van der Waals surface area contributed by atoms with Crippen molar-refractivity contribution in [3.63, 3.8) is 0 Å². The summed E-state index contributed by atoms with van der Waals surface area (Å²) in [5, 5.41) is 8.58. The molecule has 1 aromatic heterocycles. The lowest BCUT2D eigenvalue weighted by Gasteiger charge is -2.07. The first-order valence-corrected chi connectivity index (χ1v) is 4.95. The van der Waals surface area contributed by atoms with E-state index >= 15 is 0 Å². The van der Waals surface area contributed by atoms with Crippen LogP contribution in [0.15, 0.2) is 12.3 Å². The molecule has 5 heteroatoms. The Bertz CT molecular complexity index is 378. The van der Waals surface area contributed by atoms with Crippen molar-refractivity contribution in [3.05, 3.63) is 29.1 Å². The Morgan fingerprint density at radius 3 is 2.31 bits per heavy atom. The molecule has 16 heavy (non-hydrogen) atoms. The van der Waals surface area contributed by atoms with Crippen LogP contribution in [0.25, 0.3) is 0 Å². The van der Waals surface area contributed by atoms with Gasteiger partial charge in [0.2, 0.25) is 0 Å². The maximum atomic E-state index is 12.2. The second kappa shape index (κ2) is 6.11. The zero-order valence-electron chi connectivity index (χ0n) is 9.39. The summed E-state index contributed by atoms with van der Waals surface area (Å²) in [6.45, 7) is 5.73. The smallest absolute Gasteiger partial charge is 0.259 e. The number of nitriles is 1. The van der Waals surface area contributed by atoms with Gasteiger partial charge in [0.05, 0.1) is 16.8 Å². The molecule has 0 bridgehead atoms. The minimum absolute atomic E-state index is 0.0117. The van der Waals surface area contributed by atoms with E-state index < -0.39 is 11.7 Å². The van der Waals surface area contributed by atoms with Crippen molar-refractivity contribution in [3.8, 4) is 6.07 Å². The Morgan fingerprint density at radius 2 is 1.94 bits per heavy atom. The molecule has 0 unspecified atom stereocenters. The van der Waals surface area contributed by atoms with Crippen molar-refractivity contribution < 1.29 is 13.2 Å². The second-order valence-electron chi connectivity index (χ2n) is 2.68. The number of alkyl halides is 3. The summed E-state index contributed by atoms with van der Waals surface area (Å²) in [4.78, 5) is 3.59. The number of halogens is 3. The van der Waals surface area contributed by atoms with Crippen LogP contribution in [0.1, 0.15) is 37.6 Å². The molecule has 0 saturated heterocycles. The van der Waals surface area contributed by atoms with Gasteiger partial charge < -0.3 is 0 Å². The van der Waals surface area contributed by atoms with Crippen molar-refractivity contribution in [2.45, 2.75) is 33.4 Å². The predicted octanol–water partition coefficient (Wildman–Crippen LogP) is 3.56. The number of nitrogens with zero attached hydrogens (tertiary/aromatic N) is 2. The van der Waals surface area contributed by atoms with Crippen LogP contribution in [0.2, 0.25) is 0 Å². The highest BCUT2D eigenvalue weighted by molar-refractivity contribution is 5.36. The van der Waals surface area contributed by atoms with Crippen molar-refractivity contribution in [2.24, 2.45) is 0 Å². The van der Waals surface area contributed by atoms with E-state index in [1.54, 1.807) is 13.0 Å². The van der Waals surface area contributed by atoms with Gasteiger partial charge >= 0.3 is 6.18 Å². The molecular weight excluding hydrogens is 217 g/mol. The number of hydrogen-bond acceptors (Lipinski definition) is 2. The molecule has 0 N–H and O–H groups in total. The molecule has 0 aliphatic rings. The van der Waals surface area contributed by atoms with E-state index in [1.807, 2.05) is 13.8 Å². The van der Waals surface area contributed by atoms with Crippen LogP contribution in [0, 0.1) is 11.3 Å². The van der Waals surface area contributed by atoms with E-state index in [9.17, 15) is 13.2 Å². The summed E-state index contributed by atoms with van der Waals surface area (Å²) in [5.41, 5.74) is -0.505. The Labute approximate surface area is 92.7 Å². The topological polar surface area (TPSA) is 36.7 Å². The molecular formula is C11H13F3N2. The molecule has 0 saturated carbocycles. The molecule has 0 aliphatic carbocycles. The molecule has 0 fully saturated rings. The third-order valence-corrected chi connectivity index (χ3v) is 1.75. The summed E-state index contributed by atoms with van der Waals surface area (Å²) in [6, 6.07) is 2.52. The van der Waals surface area contributed by atoms with Gasteiger partial charge in [-0.25, -0.2) is 0 Å². The maximum Gasteiger partial charge on any atom is 0.417 e. The number of pyridine rings is 1. The predicted molar refractivity (Wildman–Crippen MR) is 54.7 cm³/mol. The van der Waals surface area contributed by atoms with Crippen molar-refractivity contribution in [1.82, 2.24) is 4.98 Å². The molecule has 0 radical (unpaired) electrons. The van der Waals surface area contributed by atoms with E-state index in [1.165, 1.54) is 0 Å². The SMILES string of the molecule is CC.CCc1ncc(C(F)(F)F)cc1C#N. The van der Waals surface area contributed by atoms with Gasteiger partial charge in [0.25, 0.3) is 0 Å². The summed E-state index contributed by atoms with van der Waals surface area (Å²) < 4.78 is 36.6. The monoisotopic (exact) mass is 230 g/mol. The van der Waals surface area contributed by atoms with E-state index in [4.69, 9.17) is 5.26 Å². The van der Waals surface area contributed by atoms with E-state index in [0.717, 1.165) is 12.3 Å². The van der Waals surface area contributed by atoms with Crippen LogP contribution in [-0.4, -0.2) is 4.98 Å². The molecule has 0 aliphatic heterocycles. The minimum Gasteiger partial charge on any atom is -0.259 e. The van der Waals surface area contributed by atoms with Crippen LogP contribution in [0.3, 0.4) is 0 Å². The fourth-order valence-electron chi connectivity index (χ4n) is 1.03. The quantitative estimate of drug-likeness (QED) is 0.739. The van der Waals surface area contributed by atoms with Gasteiger partial charge in [-0.05, 0) is 12.5 Å². The van der Waals surface area contributed by atoms with Gasteiger partial charge in [0, 0.05) is 6.20 Å². The lowest BCUT2D eigenvalue weighted by Crippen LogP contribution is -2.07. The summed E-state index contributed by atoms with van der Waals surface area (Å²) >= 11 is 0. The molecule has 0 atom stereocenters. The Balaban J connectivity index is 0.00000106. The Morgan fingerprint density at radius 1 is 1.38 bits per heavy atom. The standard InChI is InChI=1S/C9H7F3N2.C2H6/c1-2-8-6(4-13)3-7(5-14-8)9(10,11)12;1-2/h3,5H,2H2,1H3;1-2H3. The zero-order valence-corrected chi connectivity index (χ0v) is 9.39. The Kier molecular flexibility index (Phi) is 5.51. The first-order chi connectivity index (χ1) is 7.49. The summed E-state index contributed by atoms with van der Waals surface area (Å²) in [5.74, 6) is 0. The fourth-order valence-corrected chi connectivity index (χ4v) is 1.03. The van der Waals surface area contributed by atoms with E-state index in [0.29, 0.717) is 12.1 Å². The lowest BCUT2D eigenvalue weighted by atomic mass is 10.1. The largest absolute Gasteiger partial charge is 0.417 e. The number of aryl methyl sites for hydroxylation is 1. The Hall–Kier alpha value is -1.57. The molecule has 0 amide bonds. The molecule has 0 aromatic carbocycles. The highest BCUT2D eigenvalue weighted by Crippen LogP contribution is 2.29. The van der Waals surface area contributed by atoms with Gasteiger partial charge in [-0.3, -0.25) is 4.98 Å². The van der Waals surface area contributed by atoms with Crippen LogP contribution in [0.4, 0.5) is 13.2 Å². The average molecular weight is 230 g/mol. The van der Waals surface area contributed by atoms with E-state index in [2.05, 4.69) is 4.98 Å². The second-order valence-corrected chi connectivity index (χ2v) is 2.68. The minimum atomic E-state index is -4.44. The first-order valence-electron chi connectivity index (χ1n) is 4.95. The molecule has 88 valence electrons. The fraction of sp³-hybridized carbons (Fsp3) is 0.455. The third-order valence-electron chi connectivity index (χ3n) is 1.75. The average Bonchev–Trinajstić information content (AvgIpc) is 2.29. The highest BCUT2D eigenvalue weighted by Gasteiger charge is 2.31. The molecule has 1 rings (SSSR count). The summed E-state index contributed by atoms with van der Waals surface area (Å²) in [7, 11) is 0. The highest BCUT2D eigenvalue weighted by atomic mass is 19.4. The van der Waals surface area contributed by atoms with Crippen molar-refractivity contribution >= 4 is 0 Å². The molecule has 2 nitrogen and oxygen atoms in total. The van der Waals surface area contributed by atoms with Crippen LogP contribution < -0.4 is 0 Å². The zero-order chi connectivity index (χ0) is 12.8. The van der Waals surface area contributed by atoms with Crippen molar-refractivity contribution in [1.29, 1.82) is 5.26 Å². The molecule has 1 heterocycles. The maximum absolute atomic E-state index is 12.2. The molecule has 0 spiro atoms. The number of aromatic nitrogens is 1. The van der Waals surface area contributed by atoms with Gasteiger partial charge in [0.15, 0.2) is 0 Å². The normalized spacial score (nSPS) is 10.1. The van der Waals surface area contributed by atoms with Gasteiger partial charge in [-0.2, -0.15) is 18.4 Å². The number of rotatable bonds is 1. The summed E-state index contributed by atoms with van der Waals surface area (Å²) in [6.07, 6.45) is -3.24. The first kappa shape index (κ1) is 14.4. The van der Waals surface area contributed by atoms with Crippen molar-refractivity contribution in [2.75, 3.05) is 0 Å².